The van der Waals surface area contributed by atoms with E-state index in [2.05, 4.69) is 128 Å². The summed E-state index contributed by atoms with van der Waals surface area (Å²) in [5.41, 5.74) is 6.92. The van der Waals surface area contributed by atoms with Crippen LogP contribution in [0.3, 0.4) is 0 Å². The van der Waals surface area contributed by atoms with Crippen LogP contribution in [0.1, 0.15) is 33.8 Å². The molecule has 1 aliphatic heterocycles. The molecule has 3 atom stereocenters. The van der Waals surface area contributed by atoms with E-state index in [1.54, 1.807) is 0 Å². The van der Waals surface area contributed by atoms with Crippen LogP contribution < -0.4 is 0 Å². The molecule has 4 aromatic carbocycles. The zero-order valence-corrected chi connectivity index (χ0v) is 19.3. The zero-order valence-electron chi connectivity index (χ0n) is 17.6. The Hall–Kier alpha value is -2.73. The third kappa shape index (κ3) is 3.63. The molecule has 152 valence electrons. The van der Waals surface area contributed by atoms with Crippen LogP contribution in [0.15, 0.2) is 121 Å². The van der Waals surface area contributed by atoms with Gasteiger partial charge in [0, 0.05) is 11.6 Å². The lowest BCUT2D eigenvalue weighted by Crippen LogP contribution is -2.08. The van der Waals surface area contributed by atoms with E-state index in [-0.39, 0.29) is 11.6 Å². The summed E-state index contributed by atoms with van der Waals surface area (Å²) in [6.45, 7) is 2.36. The van der Waals surface area contributed by atoms with E-state index in [0.717, 1.165) is 0 Å². The van der Waals surface area contributed by atoms with Gasteiger partial charge in [0.05, 0.1) is 0 Å². The Morgan fingerprint density at radius 1 is 0.548 bits per heavy atom. The van der Waals surface area contributed by atoms with Crippen molar-refractivity contribution < 1.29 is 0 Å². The summed E-state index contributed by atoms with van der Waals surface area (Å²) in [4.78, 5) is 0. The average Bonchev–Trinajstić information content (AvgIpc) is 3.08. The Balaban J connectivity index is 1.86. The largest absolute Gasteiger partial charge is 0.0922 e. The SMILES string of the molecule is CP1(=S)C(c2ccccc2)=C(c2ccccc2)C(c2ccccc2)C1c1ccccc1. The molecule has 5 rings (SSSR count). The van der Waals surface area contributed by atoms with Crippen LogP contribution in [0, 0.1) is 0 Å². The fourth-order valence-electron chi connectivity index (χ4n) is 5.05. The van der Waals surface area contributed by atoms with E-state index in [4.69, 9.17) is 11.8 Å². The first-order valence-electron chi connectivity index (χ1n) is 10.7. The summed E-state index contributed by atoms with van der Waals surface area (Å²) in [5, 5.41) is 1.39. The van der Waals surface area contributed by atoms with Crippen LogP contribution in [0.5, 0.6) is 0 Å². The second-order valence-electron chi connectivity index (χ2n) is 8.23. The molecule has 0 radical (unpaired) electrons. The molecular formula is C29H25PS. The molecule has 0 saturated heterocycles. The summed E-state index contributed by atoms with van der Waals surface area (Å²) in [6, 6.07) is 41.6. The summed E-state index contributed by atoms with van der Waals surface area (Å²) < 4.78 is 0. The normalized spacial score (nSPS) is 23.1. The predicted octanol–water partition coefficient (Wildman–Crippen LogP) is 8.20. The maximum absolute atomic E-state index is 6.62. The molecule has 1 heterocycles. The van der Waals surface area contributed by atoms with Crippen molar-refractivity contribution in [3.63, 3.8) is 0 Å². The first kappa shape index (κ1) is 20.2. The fraction of sp³-hybridized carbons (Fsp3) is 0.103. The number of hydrogen-bond donors (Lipinski definition) is 0. The monoisotopic (exact) mass is 436 g/mol. The molecule has 31 heavy (non-hydrogen) atoms. The van der Waals surface area contributed by atoms with Gasteiger partial charge in [0.15, 0.2) is 0 Å². The maximum atomic E-state index is 6.62. The molecule has 0 saturated carbocycles. The Kier molecular flexibility index (Phi) is 5.48. The number of rotatable bonds is 4. The number of hydrogen-bond acceptors (Lipinski definition) is 1. The minimum absolute atomic E-state index is 0.233. The second-order valence-corrected chi connectivity index (χ2v) is 13.5. The van der Waals surface area contributed by atoms with Crippen molar-refractivity contribution in [2.45, 2.75) is 11.6 Å². The molecule has 0 fully saturated rings. The Labute approximate surface area is 190 Å². The Morgan fingerprint density at radius 2 is 0.968 bits per heavy atom. The minimum atomic E-state index is -1.94. The highest BCUT2D eigenvalue weighted by Gasteiger charge is 2.46. The van der Waals surface area contributed by atoms with E-state index in [1.165, 1.54) is 33.1 Å². The van der Waals surface area contributed by atoms with Gasteiger partial charge in [0.2, 0.25) is 0 Å². The Morgan fingerprint density at radius 3 is 1.48 bits per heavy atom. The van der Waals surface area contributed by atoms with Crippen LogP contribution in [-0.2, 0) is 11.8 Å². The van der Waals surface area contributed by atoms with Crippen LogP contribution in [0.2, 0.25) is 0 Å². The minimum Gasteiger partial charge on any atom is -0.0922 e. The standard InChI is InChI=1S/C29H25PS/c1-30(31)28(24-18-10-4-11-19-24)26(22-14-6-2-7-15-22)27(23-16-8-3-9-17-23)29(30)25-20-12-5-13-21-25/h2-21,26,28H,1H3. The third-order valence-electron chi connectivity index (χ3n) is 6.29. The van der Waals surface area contributed by atoms with Gasteiger partial charge in [-0.1, -0.05) is 133 Å². The van der Waals surface area contributed by atoms with Crippen LogP contribution in [-0.4, -0.2) is 6.66 Å². The lowest BCUT2D eigenvalue weighted by atomic mass is 9.81. The molecule has 0 aliphatic carbocycles. The maximum Gasteiger partial charge on any atom is 0.0277 e. The molecule has 0 bridgehead atoms. The van der Waals surface area contributed by atoms with Crippen molar-refractivity contribution in [1.82, 2.24) is 0 Å². The van der Waals surface area contributed by atoms with E-state index < -0.39 is 6.04 Å². The smallest absolute Gasteiger partial charge is 0.0277 e. The van der Waals surface area contributed by atoms with Crippen molar-refractivity contribution in [3.05, 3.63) is 144 Å². The molecule has 0 N–H and O–H groups in total. The van der Waals surface area contributed by atoms with Crippen LogP contribution in [0.25, 0.3) is 10.9 Å². The van der Waals surface area contributed by atoms with E-state index in [9.17, 15) is 0 Å². The first-order chi connectivity index (χ1) is 15.2. The van der Waals surface area contributed by atoms with Crippen LogP contribution in [0.4, 0.5) is 0 Å². The number of allylic oxidation sites excluding steroid dienone is 1. The van der Waals surface area contributed by atoms with E-state index in [0.29, 0.717) is 0 Å². The van der Waals surface area contributed by atoms with Crippen molar-refractivity contribution >= 4 is 28.7 Å². The van der Waals surface area contributed by atoms with Gasteiger partial charge in [0.25, 0.3) is 0 Å². The van der Waals surface area contributed by atoms with Gasteiger partial charge >= 0.3 is 0 Å². The molecule has 0 amide bonds. The lowest BCUT2D eigenvalue weighted by Gasteiger charge is -2.29. The molecule has 4 aromatic rings. The van der Waals surface area contributed by atoms with Gasteiger partial charge in [-0.2, -0.15) is 0 Å². The first-order valence-corrected chi connectivity index (χ1v) is 14.0. The second kappa shape index (κ2) is 8.42. The van der Waals surface area contributed by atoms with Gasteiger partial charge in [-0.15, -0.1) is 0 Å². The summed E-state index contributed by atoms with van der Waals surface area (Å²) >= 11 is 6.62. The zero-order chi connectivity index (χ0) is 21.3. The summed E-state index contributed by atoms with van der Waals surface area (Å²) in [7, 11) is 0. The average molecular weight is 437 g/mol. The van der Waals surface area contributed by atoms with E-state index in [1.807, 2.05) is 0 Å². The van der Waals surface area contributed by atoms with Gasteiger partial charge in [-0.25, -0.2) is 0 Å². The van der Waals surface area contributed by atoms with E-state index >= 15 is 0 Å². The molecular weight excluding hydrogens is 411 g/mol. The highest BCUT2D eigenvalue weighted by molar-refractivity contribution is 8.19. The highest BCUT2D eigenvalue weighted by Crippen LogP contribution is 2.79. The molecule has 1 aliphatic rings. The number of benzene rings is 4. The van der Waals surface area contributed by atoms with Crippen molar-refractivity contribution in [2.75, 3.05) is 6.66 Å². The third-order valence-corrected chi connectivity index (χ3v) is 10.6. The van der Waals surface area contributed by atoms with Gasteiger partial charge in [0.1, 0.15) is 0 Å². The Bertz CT molecular complexity index is 1250. The molecule has 0 nitrogen and oxygen atoms in total. The molecule has 3 unspecified atom stereocenters. The summed E-state index contributed by atoms with van der Waals surface area (Å²) in [5.74, 6) is 0.233. The van der Waals surface area contributed by atoms with Crippen molar-refractivity contribution in [2.24, 2.45) is 0 Å². The van der Waals surface area contributed by atoms with Gasteiger partial charge in [-0.05, 0) is 45.8 Å². The topological polar surface area (TPSA) is 0 Å². The molecule has 2 heteroatoms. The quantitative estimate of drug-likeness (QED) is 0.291. The van der Waals surface area contributed by atoms with Crippen molar-refractivity contribution in [1.29, 1.82) is 0 Å². The van der Waals surface area contributed by atoms with Crippen molar-refractivity contribution in [3.8, 4) is 0 Å². The lowest BCUT2D eigenvalue weighted by molar-refractivity contribution is 0.836. The van der Waals surface area contributed by atoms with Gasteiger partial charge < -0.3 is 0 Å². The van der Waals surface area contributed by atoms with Gasteiger partial charge in [-0.3, -0.25) is 0 Å². The fourth-order valence-corrected chi connectivity index (χ4v) is 9.71. The predicted molar refractivity (Wildman–Crippen MR) is 138 cm³/mol. The summed E-state index contributed by atoms with van der Waals surface area (Å²) in [6.07, 6.45) is 0. The van der Waals surface area contributed by atoms with Crippen LogP contribution >= 0.6 is 6.04 Å². The highest BCUT2D eigenvalue weighted by atomic mass is 32.4. The molecule has 0 spiro atoms. The molecule has 0 aromatic heterocycles.